The van der Waals surface area contributed by atoms with Crippen molar-refractivity contribution in [2.24, 2.45) is 0 Å². The maximum atomic E-state index is 13.3. The minimum atomic E-state index is -3.68. The number of rotatable bonds is 4. The number of carbonyl (C=O) groups is 1. The number of hydrogen-bond donors (Lipinski definition) is 1. The minimum Gasteiger partial charge on any atom is -0.322 e. The number of anilines is 2. The molecule has 0 saturated heterocycles. The van der Waals surface area contributed by atoms with Crippen LogP contribution in [0.15, 0.2) is 76.1 Å². The second-order valence-corrected chi connectivity index (χ2v) is 9.99. The van der Waals surface area contributed by atoms with Crippen molar-refractivity contribution in [3.63, 3.8) is 0 Å². The molecule has 1 N–H and O–H groups in total. The highest BCUT2D eigenvalue weighted by Gasteiger charge is 2.29. The smallest absolute Gasteiger partial charge is 0.264 e. The summed E-state index contributed by atoms with van der Waals surface area (Å²) in [6, 6.07) is 19.5. The molecule has 5 nitrogen and oxygen atoms in total. The fraction of sp³-hybridized carbons (Fsp3) is 0.174. The fourth-order valence-electron chi connectivity index (χ4n) is 3.55. The van der Waals surface area contributed by atoms with E-state index < -0.39 is 10.0 Å². The largest absolute Gasteiger partial charge is 0.322 e. The van der Waals surface area contributed by atoms with Gasteiger partial charge in [-0.1, -0.05) is 35.9 Å². The molecule has 0 atom stereocenters. The first-order valence-electron chi connectivity index (χ1n) is 9.64. The molecule has 0 aliphatic carbocycles. The summed E-state index contributed by atoms with van der Waals surface area (Å²) < 4.78 is 28.7. The van der Waals surface area contributed by atoms with E-state index in [-0.39, 0.29) is 10.8 Å². The third kappa shape index (κ3) is 4.00. The van der Waals surface area contributed by atoms with Crippen LogP contribution in [0.2, 0.25) is 0 Å². The van der Waals surface area contributed by atoms with Crippen LogP contribution >= 0.6 is 15.9 Å². The van der Waals surface area contributed by atoms with Gasteiger partial charge in [0.15, 0.2) is 0 Å². The lowest BCUT2D eigenvalue weighted by Gasteiger charge is -2.31. The number of carbonyl (C=O) groups excluding carboxylic acids is 1. The molecule has 0 radical (unpaired) electrons. The van der Waals surface area contributed by atoms with E-state index >= 15 is 0 Å². The summed E-state index contributed by atoms with van der Waals surface area (Å²) in [5, 5.41) is 2.88. The Morgan fingerprint density at radius 3 is 2.50 bits per heavy atom. The Morgan fingerprint density at radius 2 is 1.77 bits per heavy atom. The highest BCUT2D eigenvalue weighted by Crippen LogP contribution is 2.34. The van der Waals surface area contributed by atoms with E-state index in [1.54, 1.807) is 48.5 Å². The van der Waals surface area contributed by atoms with Gasteiger partial charge in [0, 0.05) is 16.7 Å². The van der Waals surface area contributed by atoms with Gasteiger partial charge in [0.1, 0.15) is 0 Å². The maximum Gasteiger partial charge on any atom is 0.264 e. The van der Waals surface area contributed by atoms with Gasteiger partial charge < -0.3 is 5.32 Å². The van der Waals surface area contributed by atoms with Gasteiger partial charge in [-0.25, -0.2) is 8.42 Å². The number of fused-ring (bicyclic) bond motifs is 1. The monoisotopic (exact) mass is 484 g/mol. The second-order valence-electron chi connectivity index (χ2n) is 7.27. The molecule has 3 aromatic rings. The molecule has 1 aliphatic rings. The summed E-state index contributed by atoms with van der Waals surface area (Å²) in [6.07, 6.45) is 1.55. The van der Waals surface area contributed by atoms with E-state index in [9.17, 15) is 13.2 Å². The first kappa shape index (κ1) is 20.6. The lowest BCUT2D eigenvalue weighted by Crippen LogP contribution is -2.35. The van der Waals surface area contributed by atoms with Gasteiger partial charge in [-0.15, -0.1) is 0 Å². The number of nitrogens with zero attached hydrogens (tertiary/aromatic N) is 1. The molecule has 154 valence electrons. The lowest BCUT2D eigenvalue weighted by molar-refractivity contribution is 0.102. The first-order chi connectivity index (χ1) is 14.4. The lowest BCUT2D eigenvalue weighted by atomic mass is 10.0. The molecule has 4 rings (SSSR count). The average molecular weight is 485 g/mol. The van der Waals surface area contributed by atoms with E-state index in [4.69, 9.17) is 0 Å². The fourth-order valence-corrected chi connectivity index (χ4v) is 5.55. The average Bonchev–Trinajstić information content (AvgIpc) is 2.73. The van der Waals surface area contributed by atoms with Crippen LogP contribution in [0.4, 0.5) is 11.4 Å². The molecule has 0 saturated carbocycles. The Labute approximate surface area is 184 Å². The Balaban J connectivity index is 1.67. The molecule has 3 aromatic carbocycles. The van der Waals surface area contributed by atoms with Crippen molar-refractivity contribution >= 4 is 43.2 Å². The standard InChI is InChI=1S/C23H21BrN2O3S/c1-16-8-12-19(13-9-16)30(28,29)26-14-4-5-17-10-11-18(15-22(17)26)25-23(27)20-6-2-3-7-21(20)24/h2-3,6-13,15H,4-5,14H2,1H3,(H,25,27). The highest BCUT2D eigenvalue weighted by molar-refractivity contribution is 9.10. The number of benzene rings is 3. The van der Waals surface area contributed by atoms with Gasteiger partial charge in [-0.2, -0.15) is 0 Å². The quantitative estimate of drug-likeness (QED) is 0.556. The number of aryl methyl sites for hydroxylation is 2. The van der Waals surface area contributed by atoms with Gasteiger partial charge in [-0.3, -0.25) is 9.10 Å². The van der Waals surface area contributed by atoms with Crippen LogP contribution in [0.3, 0.4) is 0 Å². The summed E-state index contributed by atoms with van der Waals surface area (Å²) in [5.41, 5.74) is 3.65. The second kappa shape index (κ2) is 8.24. The van der Waals surface area contributed by atoms with Crippen molar-refractivity contribution in [3.05, 3.63) is 87.9 Å². The van der Waals surface area contributed by atoms with Gasteiger partial charge in [0.05, 0.1) is 16.1 Å². The molecule has 1 heterocycles. The number of nitrogens with one attached hydrogen (secondary N) is 1. The van der Waals surface area contributed by atoms with Crippen molar-refractivity contribution in [1.82, 2.24) is 0 Å². The zero-order valence-corrected chi connectivity index (χ0v) is 18.8. The third-order valence-corrected chi connectivity index (χ3v) is 7.67. The first-order valence-corrected chi connectivity index (χ1v) is 11.9. The maximum absolute atomic E-state index is 13.3. The van der Waals surface area contributed by atoms with Gasteiger partial charge in [0.25, 0.3) is 15.9 Å². The van der Waals surface area contributed by atoms with Crippen molar-refractivity contribution in [3.8, 4) is 0 Å². The van der Waals surface area contributed by atoms with E-state index in [1.807, 2.05) is 25.1 Å². The van der Waals surface area contributed by atoms with Crippen molar-refractivity contribution < 1.29 is 13.2 Å². The van der Waals surface area contributed by atoms with Crippen LogP contribution in [-0.4, -0.2) is 20.9 Å². The van der Waals surface area contributed by atoms with Crippen molar-refractivity contribution in [1.29, 1.82) is 0 Å². The van der Waals surface area contributed by atoms with Crippen LogP contribution in [-0.2, 0) is 16.4 Å². The van der Waals surface area contributed by atoms with E-state index in [2.05, 4.69) is 21.2 Å². The SMILES string of the molecule is Cc1ccc(S(=O)(=O)N2CCCc3ccc(NC(=O)c4ccccc4Br)cc32)cc1. The Kier molecular flexibility index (Phi) is 5.66. The van der Waals surface area contributed by atoms with Crippen molar-refractivity contribution in [2.45, 2.75) is 24.7 Å². The molecule has 30 heavy (non-hydrogen) atoms. The molecule has 1 amide bonds. The number of hydrogen-bond acceptors (Lipinski definition) is 3. The normalized spacial score (nSPS) is 13.6. The van der Waals surface area contributed by atoms with Crippen LogP contribution in [0.25, 0.3) is 0 Å². The zero-order valence-electron chi connectivity index (χ0n) is 16.4. The molecule has 0 bridgehead atoms. The molecular formula is C23H21BrN2O3S. The molecule has 0 spiro atoms. The molecule has 0 unspecified atom stereocenters. The number of amides is 1. The Bertz CT molecular complexity index is 1210. The number of halogens is 1. The van der Waals surface area contributed by atoms with Crippen LogP contribution in [0.5, 0.6) is 0 Å². The van der Waals surface area contributed by atoms with Crippen LogP contribution in [0.1, 0.15) is 27.9 Å². The van der Waals surface area contributed by atoms with Gasteiger partial charge in [0.2, 0.25) is 0 Å². The van der Waals surface area contributed by atoms with E-state index in [1.165, 1.54) is 4.31 Å². The Hall–Kier alpha value is -2.64. The van der Waals surface area contributed by atoms with E-state index in [0.29, 0.717) is 28.0 Å². The Morgan fingerprint density at radius 1 is 1.03 bits per heavy atom. The van der Waals surface area contributed by atoms with Crippen LogP contribution < -0.4 is 9.62 Å². The molecule has 7 heteroatoms. The molecule has 0 aromatic heterocycles. The van der Waals surface area contributed by atoms with E-state index in [0.717, 1.165) is 24.0 Å². The minimum absolute atomic E-state index is 0.258. The molecule has 0 fully saturated rings. The zero-order chi connectivity index (χ0) is 21.3. The van der Waals surface area contributed by atoms with Gasteiger partial charge in [-0.05, 0) is 77.7 Å². The third-order valence-electron chi connectivity index (χ3n) is 5.15. The van der Waals surface area contributed by atoms with Gasteiger partial charge >= 0.3 is 0 Å². The summed E-state index contributed by atoms with van der Waals surface area (Å²) in [7, 11) is -3.68. The summed E-state index contributed by atoms with van der Waals surface area (Å²) >= 11 is 3.39. The van der Waals surface area contributed by atoms with Crippen LogP contribution in [0, 0.1) is 6.92 Å². The topological polar surface area (TPSA) is 66.5 Å². The summed E-state index contributed by atoms with van der Waals surface area (Å²) in [6.45, 7) is 2.33. The molecule has 1 aliphatic heterocycles. The summed E-state index contributed by atoms with van der Waals surface area (Å²) in [5.74, 6) is -0.258. The summed E-state index contributed by atoms with van der Waals surface area (Å²) in [4.78, 5) is 12.9. The highest BCUT2D eigenvalue weighted by atomic mass is 79.9. The number of sulfonamides is 1. The van der Waals surface area contributed by atoms with Crippen molar-refractivity contribution in [2.75, 3.05) is 16.2 Å². The molecular weight excluding hydrogens is 464 g/mol. The predicted molar refractivity (Wildman–Crippen MR) is 123 cm³/mol. The predicted octanol–water partition coefficient (Wildman–Crippen LogP) is 5.15.